The summed E-state index contributed by atoms with van der Waals surface area (Å²) < 4.78 is 18.9. The molecular weight excluding hydrogens is 264 g/mol. The van der Waals surface area contributed by atoms with E-state index in [-0.39, 0.29) is 11.7 Å². The maximum absolute atomic E-state index is 5.68. The Morgan fingerprint density at radius 3 is 3.27 bits per heavy atom. The monoisotopic (exact) mass is 274 g/mol. The van der Waals surface area contributed by atoms with Gasteiger partial charge in [0.1, 0.15) is 12.8 Å². The molecule has 0 unspecified atom stereocenters. The molecule has 0 amide bonds. The first-order valence-electron chi connectivity index (χ1n) is 4.74. The summed E-state index contributed by atoms with van der Waals surface area (Å²) in [5.41, 5.74) is 0.736. The van der Waals surface area contributed by atoms with Crippen LogP contribution in [0.15, 0.2) is 10.7 Å². The van der Waals surface area contributed by atoms with Crippen molar-refractivity contribution < 1.29 is 14.2 Å². The predicted molar refractivity (Wildman–Crippen MR) is 54.3 cm³/mol. The number of rotatable bonds is 3. The van der Waals surface area contributed by atoms with Gasteiger partial charge in [0.2, 0.25) is 0 Å². The first-order valence-corrected chi connectivity index (χ1v) is 5.53. The van der Waals surface area contributed by atoms with Crippen molar-refractivity contribution in [3.63, 3.8) is 0 Å². The number of nitrogens with zero attached hydrogens (tertiary/aromatic N) is 2. The molecule has 82 valence electrons. The molecular formula is C9H11BrN2O3. The van der Waals surface area contributed by atoms with E-state index in [9.17, 15) is 0 Å². The standard InChI is InChI=1S/C9H11BrN2O3/c1-13-5-12-8(6(10)2-11-12)9-4-14-3-7(9)15-9/h2,7H,3-5H2,1H3/t7-,9+/m1/s1. The Labute approximate surface area is 95.4 Å². The molecule has 2 atom stereocenters. The fourth-order valence-electron chi connectivity index (χ4n) is 2.11. The van der Waals surface area contributed by atoms with E-state index >= 15 is 0 Å². The molecule has 3 heterocycles. The van der Waals surface area contributed by atoms with E-state index in [1.165, 1.54) is 0 Å². The maximum Gasteiger partial charge on any atom is 0.163 e. The lowest BCUT2D eigenvalue weighted by molar-refractivity contribution is 0.0595. The Bertz CT molecular complexity index is 395. The molecule has 0 N–H and O–H groups in total. The summed E-state index contributed by atoms with van der Waals surface area (Å²) in [5, 5.41) is 4.23. The molecule has 0 radical (unpaired) electrons. The molecule has 1 aromatic heterocycles. The van der Waals surface area contributed by atoms with Gasteiger partial charge in [-0.1, -0.05) is 0 Å². The van der Waals surface area contributed by atoms with E-state index in [4.69, 9.17) is 14.2 Å². The van der Waals surface area contributed by atoms with Crippen LogP contribution in [0.4, 0.5) is 0 Å². The van der Waals surface area contributed by atoms with E-state index in [2.05, 4.69) is 21.0 Å². The van der Waals surface area contributed by atoms with E-state index in [0.717, 1.165) is 10.2 Å². The van der Waals surface area contributed by atoms with Gasteiger partial charge in [0, 0.05) is 7.11 Å². The molecule has 2 saturated heterocycles. The second kappa shape index (κ2) is 3.28. The highest BCUT2D eigenvalue weighted by atomic mass is 79.9. The second-order valence-corrected chi connectivity index (χ2v) is 4.62. The van der Waals surface area contributed by atoms with Crippen molar-refractivity contribution in [1.82, 2.24) is 9.78 Å². The average Bonchev–Trinajstić information content (AvgIpc) is 2.58. The van der Waals surface area contributed by atoms with Crippen molar-refractivity contribution >= 4 is 15.9 Å². The zero-order valence-electron chi connectivity index (χ0n) is 8.27. The summed E-state index contributed by atoms with van der Waals surface area (Å²) in [6, 6.07) is 0. The number of methoxy groups -OCH3 is 1. The molecule has 0 aromatic carbocycles. The van der Waals surface area contributed by atoms with Crippen molar-refractivity contribution in [2.24, 2.45) is 0 Å². The number of aromatic nitrogens is 2. The fraction of sp³-hybridized carbons (Fsp3) is 0.667. The minimum Gasteiger partial charge on any atom is -0.375 e. The molecule has 0 saturated carbocycles. The van der Waals surface area contributed by atoms with Crippen molar-refractivity contribution in [3.8, 4) is 0 Å². The molecule has 0 spiro atoms. The van der Waals surface area contributed by atoms with E-state index in [0.29, 0.717) is 19.9 Å². The van der Waals surface area contributed by atoms with Crippen LogP contribution in [-0.4, -0.2) is 36.2 Å². The second-order valence-electron chi connectivity index (χ2n) is 3.77. The van der Waals surface area contributed by atoms with Gasteiger partial charge in [-0.25, -0.2) is 4.68 Å². The molecule has 15 heavy (non-hydrogen) atoms. The van der Waals surface area contributed by atoms with Crippen LogP contribution < -0.4 is 0 Å². The van der Waals surface area contributed by atoms with Crippen molar-refractivity contribution in [3.05, 3.63) is 16.4 Å². The molecule has 2 aliphatic rings. The van der Waals surface area contributed by atoms with Gasteiger partial charge in [-0.2, -0.15) is 5.10 Å². The summed E-state index contributed by atoms with van der Waals surface area (Å²) in [4.78, 5) is 0. The van der Waals surface area contributed by atoms with Crippen LogP contribution in [0.2, 0.25) is 0 Å². The smallest absolute Gasteiger partial charge is 0.163 e. The van der Waals surface area contributed by atoms with E-state index in [1.807, 2.05) is 0 Å². The lowest BCUT2D eigenvalue weighted by Crippen LogP contribution is -2.20. The first-order chi connectivity index (χ1) is 7.28. The van der Waals surface area contributed by atoms with Crippen LogP contribution in [0.1, 0.15) is 5.69 Å². The predicted octanol–water partition coefficient (Wildman–Crippen LogP) is 0.874. The third kappa shape index (κ3) is 1.29. The summed E-state index contributed by atoms with van der Waals surface area (Å²) >= 11 is 3.48. The molecule has 2 aliphatic heterocycles. The zero-order valence-corrected chi connectivity index (χ0v) is 9.86. The maximum atomic E-state index is 5.68. The van der Waals surface area contributed by atoms with E-state index in [1.54, 1.807) is 18.0 Å². The van der Waals surface area contributed by atoms with Crippen LogP contribution in [0.25, 0.3) is 0 Å². The fourth-order valence-corrected chi connectivity index (χ4v) is 2.74. The minimum atomic E-state index is -0.284. The van der Waals surface area contributed by atoms with Crippen LogP contribution in [-0.2, 0) is 26.5 Å². The van der Waals surface area contributed by atoms with Gasteiger partial charge in [0.15, 0.2) is 5.60 Å². The molecule has 1 aromatic rings. The highest BCUT2D eigenvalue weighted by Crippen LogP contribution is 2.52. The lowest BCUT2D eigenvalue weighted by atomic mass is 10.0. The van der Waals surface area contributed by atoms with Gasteiger partial charge in [-0.15, -0.1) is 0 Å². The SMILES string of the molecule is COCn1ncc(Br)c1[C@]12COC[C@H]1O2. The summed E-state index contributed by atoms with van der Waals surface area (Å²) in [6.45, 7) is 1.70. The van der Waals surface area contributed by atoms with Crippen LogP contribution >= 0.6 is 15.9 Å². The third-order valence-electron chi connectivity index (χ3n) is 2.85. The van der Waals surface area contributed by atoms with Gasteiger partial charge in [-0.05, 0) is 15.9 Å². The third-order valence-corrected chi connectivity index (χ3v) is 3.43. The topological polar surface area (TPSA) is 48.8 Å². The molecule has 5 nitrogen and oxygen atoms in total. The Kier molecular flexibility index (Phi) is 2.14. The van der Waals surface area contributed by atoms with Crippen molar-refractivity contribution in [1.29, 1.82) is 0 Å². The molecule has 0 aliphatic carbocycles. The zero-order chi connectivity index (χ0) is 10.5. The van der Waals surface area contributed by atoms with Gasteiger partial charge >= 0.3 is 0 Å². The summed E-state index contributed by atoms with van der Waals surface area (Å²) in [5.74, 6) is 0. The molecule has 6 heteroatoms. The highest BCUT2D eigenvalue weighted by molar-refractivity contribution is 9.10. The lowest BCUT2D eigenvalue weighted by Gasteiger charge is -2.11. The summed E-state index contributed by atoms with van der Waals surface area (Å²) in [6.07, 6.45) is 1.95. The Balaban J connectivity index is 1.99. The van der Waals surface area contributed by atoms with Crippen LogP contribution in [0.3, 0.4) is 0 Å². The average molecular weight is 275 g/mol. The number of hydrogen-bond donors (Lipinski definition) is 0. The van der Waals surface area contributed by atoms with E-state index < -0.39 is 0 Å². The Morgan fingerprint density at radius 1 is 1.80 bits per heavy atom. The van der Waals surface area contributed by atoms with Gasteiger partial charge in [0.05, 0.1) is 29.6 Å². The quantitative estimate of drug-likeness (QED) is 0.768. The normalized spacial score (nSPS) is 33.1. The van der Waals surface area contributed by atoms with Gasteiger partial charge in [-0.3, -0.25) is 0 Å². The number of halogens is 1. The molecule has 3 rings (SSSR count). The number of ether oxygens (including phenoxy) is 3. The first kappa shape index (κ1) is 9.77. The largest absolute Gasteiger partial charge is 0.375 e. The Morgan fingerprint density at radius 2 is 2.67 bits per heavy atom. The van der Waals surface area contributed by atoms with Crippen LogP contribution in [0, 0.1) is 0 Å². The molecule has 0 bridgehead atoms. The van der Waals surface area contributed by atoms with Crippen molar-refractivity contribution in [2.45, 2.75) is 18.4 Å². The van der Waals surface area contributed by atoms with Gasteiger partial charge in [0.25, 0.3) is 0 Å². The number of fused-ring (bicyclic) bond motifs is 1. The van der Waals surface area contributed by atoms with Gasteiger partial charge < -0.3 is 14.2 Å². The number of epoxide rings is 1. The Hall–Kier alpha value is -0.430. The molecule has 2 fully saturated rings. The number of hydrogen-bond acceptors (Lipinski definition) is 4. The summed E-state index contributed by atoms with van der Waals surface area (Å²) in [7, 11) is 1.65. The highest BCUT2D eigenvalue weighted by Gasteiger charge is 2.64. The van der Waals surface area contributed by atoms with Crippen LogP contribution in [0.5, 0.6) is 0 Å². The van der Waals surface area contributed by atoms with Crippen molar-refractivity contribution in [2.75, 3.05) is 20.3 Å². The minimum absolute atomic E-state index is 0.182.